The first-order chi connectivity index (χ1) is 7.29. The van der Waals surface area contributed by atoms with E-state index in [0.717, 1.165) is 15.8 Å². The van der Waals surface area contributed by atoms with E-state index >= 15 is 0 Å². The molecule has 0 atom stereocenters. The van der Waals surface area contributed by atoms with Gasteiger partial charge in [0.2, 0.25) is 0 Å². The van der Waals surface area contributed by atoms with Crippen molar-refractivity contribution in [3.8, 4) is 0 Å². The second kappa shape index (κ2) is 5.85. The van der Waals surface area contributed by atoms with Crippen molar-refractivity contribution in [3.05, 3.63) is 22.4 Å². The molecule has 16 heavy (non-hydrogen) atoms. The van der Waals surface area contributed by atoms with Crippen molar-refractivity contribution in [2.24, 2.45) is 0 Å². The van der Waals surface area contributed by atoms with Crippen LogP contribution >= 0.6 is 61.9 Å². The van der Waals surface area contributed by atoms with Crippen LogP contribution in [-0.4, -0.2) is 9.97 Å². The lowest BCUT2D eigenvalue weighted by Crippen LogP contribution is -1.79. The van der Waals surface area contributed by atoms with Gasteiger partial charge in [-0.05, 0) is 51.6 Å². The SMILES string of the molecule is Cc1csc2c(Cl)ncnc12.O=P(Cl)(Cl)Cl. The molecule has 2 heterocycles. The van der Waals surface area contributed by atoms with Crippen molar-refractivity contribution >= 4 is 72.1 Å². The fourth-order valence-electron chi connectivity index (χ4n) is 0.941. The van der Waals surface area contributed by atoms with E-state index in [0.29, 0.717) is 5.15 Å². The highest BCUT2D eigenvalue weighted by Crippen LogP contribution is 2.61. The second-order valence-electron chi connectivity index (χ2n) is 2.66. The minimum Gasteiger partial charge on any atom is -0.271 e. The standard InChI is InChI=1S/C7H5ClN2S.Cl3OP/c1-4-2-11-6-5(4)9-3-10-7(6)8;1-5(2,3)4/h2-3H,1H3;. The molecule has 0 N–H and O–H groups in total. The third-order valence-corrected chi connectivity index (χ3v) is 2.98. The van der Waals surface area contributed by atoms with Crippen LogP contribution in [0.4, 0.5) is 0 Å². The van der Waals surface area contributed by atoms with Gasteiger partial charge in [0, 0.05) is 0 Å². The Morgan fingerprint density at radius 2 is 1.88 bits per heavy atom. The summed E-state index contributed by atoms with van der Waals surface area (Å²) in [6, 6.07) is 0. The van der Waals surface area contributed by atoms with Crippen LogP contribution in [0.1, 0.15) is 5.56 Å². The molecular formula is C7H5Cl4N2OPS. The summed E-state index contributed by atoms with van der Waals surface area (Å²) in [5, 5.41) is -0.640. The summed E-state index contributed by atoms with van der Waals surface area (Å²) in [5.74, 6) is 0. The van der Waals surface area contributed by atoms with Gasteiger partial charge in [-0.1, -0.05) is 11.6 Å². The van der Waals surface area contributed by atoms with Crippen LogP contribution in [0, 0.1) is 6.92 Å². The normalized spacial score (nSPS) is 11.1. The Morgan fingerprint density at radius 1 is 1.31 bits per heavy atom. The molecule has 0 aliphatic heterocycles. The Labute approximate surface area is 115 Å². The molecule has 0 aromatic carbocycles. The zero-order valence-corrected chi connectivity index (χ0v) is 12.6. The molecule has 0 unspecified atom stereocenters. The number of aromatic nitrogens is 2. The fraction of sp³-hybridized carbons (Fsp3) is 0.143. The molecule has 0 fully saturated rings. The first kappa shape index (κ1) is 14.5. The molecule has 0 bridgehead atoms. The Morgan fingerprint density at radius 3 is 2.38 bits per heavy atom. The maximum absolute atomic E-state index is 9.51. The van der Waals surface area contributed by atoms with Crippen LogP contribution in [0.15, 0.2) is 11.7 Å². The van der Waals surface area contributed by atoms with Crippen molar-refractivity contribution in [2.75, 3.05) is 0 Å². The number of aryl methyl sites for hydroxylation is 1. The predicted molar refractivity (Wildman–Crippen MR) is 72.3 cm³/mol. The summed E-state index contributed by atoms with van der Waals surface area (Å²) < 4.78 is 10.5. The number of fused-ring (bicyclic) bond motifs is 1. The van der Waals surface area contributed by atoms with Gasteiger partial charge in [-0.15, -0.1) is 11.3 Å². The smallest absolute Gasteiger partial charge is 0.271 e. The van der Waals surface area contributed by atoms with Gasteiger partial charge in [0.1, 0.15) is 11.5 Å². The van der Waals surface area contributed by atoms with Gasteiger partial charge in [-0.2, -0.15) is 0 Å². The van der Waals surface area contributed by atoms with Crippen molar-refractivity contribution in [1.82, 2.24) is 9.97 Å². The first-order valence-corrected chi connectivity index (χ1v) is 9.50. The molecule has 0 saturated carbocycles. The molecule has 0 aliphatic rings. The summed E-state index contributed by atoms with van der Waals surface area (Å²) >= 11 is 21.3. The minimum atomic E-state index is -3.22. The van der Waals surface area contributed by atoms with E-state index in [9.17, 15) is 4.57 Å². The zero-order chi connectivity index (χ0) is 12.3. The van der Waals surface area contributed by atoms with Crippen molar-refractivity contribution in [1.29, 1.82) is 0 Å². The Kier molecular flexibility index (Phi) is 5.30. The lowest BCUT2D eigenvalue weighted by molar-refractivity contribution is 0.600. The summed E-state index contributed by atoms with van der Waals surface area (Å²) in [5.41, 5.74) is 2.13. The Hall–Kier alpha value is 0.430. The van der Waals surface area contributed by atoms with Crippen LogP contribution < -0.4 is 0 Å². The average Bonchev–Trinajstić information content (AvgIpc) is 2.47. The molecule has 88 valence electrons. The lowest BCUT2D eigenvalue weighted by Gasteiger charge is -1.90. The summed E-state index contributed by atoms with van der Waals surface area (Å²) in [6.45, 7) is 2.02. The molecule has 0 radical (unpaired) electrons. The highest BCUT2D eigenvalue weighted by Gasteiger charge is 2.04. The topological polar surface area (TPSA) is 42.9 Å². The minimum absolute atomic E-state index is 0.549. The maximum Gasteiger partial charge on any atom is 0.339 e. The van der Waals surface area contributed by atoms with E-state index < -0.39 is 5.20 Å². The quantitative estimate of drug-likeness (QED) is 0.473. The molecule has 2 aromatic heterocycles. The van der Waals surface area contributed by atoms with Crippen LogP contribution in [0.5, 0.6) is 0 Å². The molecule has 9 heteroatoms. The van der Waals surface area contributed by atoms with Crippen LogP contribution in [0.2, 0.25) is 5.15 Å². The van der Waals surface area contributed by atoms with E-state index in [1.807, 2.05) is 12.3 Å². The average molecular weight is 338 g/mol. The lowest BCUT2D eigenvalue weighted by atomic mass is 10.3. The summed E-state index contributed by atoms with van der Waals surface area (Å²) in [4.78, 5) is 8.00. The maximum atomic E-state index is 9.51. The molecular weight excluding hydrogens is 333 g/mol. The number of rotatable bonds is 0. The molecule has 0 saturated heterocycles. The van der Waals surface area contributed by atoms with Crippen molar-refractivity contribution in [3.63, 3.8) is 0 Å². The number of nitrogens with zero attached hydrogens (tertiary/aromatic N) is 2. The number of thiophene rings is 1. The van der Waals surface area contributed by atoms with Gasteiger partial charge in [0.05, 0.1) is 10.2 Å². The van der Waals surface area contributed by atoms with Crippen molar-refractivity contribution < 1.29 is 4.57 Å². The highest BCUT2D eigenvalue weighted by atomic mass is 36.0. The van der Waals surface area contributed by atoms with Crippen LogP contribution in [0.3, 0.4) is 0 Å². The van der Waals surface area contributed by atoms with Crippen LogP contribution in [-0.2, 0) is 4.57 Å². The van der Waals surface area contributed by atoms with Crippen molar-refractivity contribution in [2.45, 2.75) is 6.92 Å². The highest BCUT2D eigenvalue weighted by molar-refractivity contribution is 8.24. The van der Waals surface area contributed by atoms with Gasteiger partial charge in [0.25, 0.3) is 0 Å². The van der Waals surface area contributed by atoms with Gasteiger partial charge >= 0.3 is 5.20 Å². The zero-order valence-electron chi connectivity index (χ0n) is 7.82. The number of halogens is 4. The summed E-state index contributed by atoms with van der Waals surface area (Å²) in [6.07, 6.45) is 1.49. The van der Waals surface area contributed by atoms with Gasteiger partial charge in [-0.25, -0.2) is 9.97 Å². The number of hydrogen-bond acceptors (Lipinski definition) is 4. The van der Waals surface area contributed by atoms with E-state index in [4.69, 9.17) is 11.6 Å². The number of hydrogen-bond donors (Lipinski definition) is 0. The van der Waals surface area contributed by atoms with Gasteiger partial charge in [-0.3, -0.25) is 4.57 Å². The largest absolute Gasteiger partial charge is 0.339 e. The summed E-state index contributed by atoms with van der Waals surface area (Å²) in [7, 11) is 0. The molecule has 0 amide bonds. The third-order valence-electron chi connectivity index (χ3n) is 1.49. The van der Waals surface area contributed by atoms with E-state index in [1.165, 1.54) is 6.33 Å². The Bertz CT molecular complexity index is 532. The predicted octanol–water partition coefficient (Wildman–Crippen LogP) is 5.46. The monoisotopic (exact) mass is 336 g/mol. The van der Waals surface area contributed by atoms with Crippen LogP contribution in [0.25, 0.3) is 10.2 Å². The fourth-order valence-corrected chi connectivity index (χ4v) is 2.09. The first-order valence-electron chi connectivity index (χ1n) is 3.82. The molecule has 2 rings (SSSR count). The van der Waals surface area contributed by atoms with Gasteiger partial charge in [0.15, 0.2) is 0 Å². The van der Waals surface area contributed by atoms with E-state index in [-0.39, 0.29) is 0 Å². The molecule has 2 aromatic rings. The Balaban J connectivity index is 0.000000221. The molecule has 0 spiro atoms. The van der Waals surface area contributed by atoms with E-state index in [2.05, 4.69) is 43.7 Å². The van der Waals surface area contributed by atoms with E-state index in [1.54, 1.807) is 11.3 Å². The molecule has 3 nitrogen and oxygen atoms in total. The third kappa shape index (κ3) is 4.74. The van der Waals surface area contributed by atoms with Gasteiger partial charge < -0.3 is 0 Å². The molecule has 0 aliphatic carbocycles. The second-order valence-corrected chi connectivity index (χ2v) is 10.5.